The zero-order chi connectivity index (χ0) is 16.4. The van der Waals surface area contributed by atoms with Gasteiger partial charge in [-0.25, -0.2) is 5.01 Å². The molecule has 0 bridgehead atoms. The molecule has 0 fully saturated rings. The smallest absolute Gasteiger partial charge is 0.220 e. The highest BCUT2D eigenvalue weighted by molar-refractivity contribution is 8.16. The fourth-order valence-corrected chi connectivity index (χ4v) is 3.86. The molecule has 0 aromatic heterocycles. The molecule has 0 saturated heterocycles. The summed E-state index contributed by atoms with van der Waals surface area (Å²) in [4.78, 5) is 11.0. The maximum absolute atomic E-state index is 11.6. The number of rotatable bonds is 4. The number of hydrazone groups is 1. The van der Waals surface area contributed by atoms with Crippen LogP contribution in [-0.4, -0.2) is 15.8 Å². The van der Waals surface area contributed by atoms with Crippen LogP contribution in [0.5, 0.6) is 0 Å². The molecule has 3 rings (SSSR count). The van der Waals surface area contributed by atoms with Gasteiger partial charge in [-0.15, -0.1) is 0 Å². The van der Waals surface area contributed by atoms with E-state index in [1.165, 1.54) is 5.56 Å². The van der Waals surface area contributed by atoms with Gasteiger partial charge in [0.2, 0.25) is 5.91 Å². The summed E-state index contributed by atoms with van der Waals surface area (Å²) >= 11 is 1.58. The Labute approximate surface area is 140 Å². The molecule has 118 valence electrons. The number of thioether (sulfide) groups is 1. The molecule has 0 radical (unpaired) electrons. The van der Waals surface area contributed by atoms with E-state index in [9.17, 15) is 4.79 Å². The Morgan fingerprint density at radius 1 is 1.17 bits per heavy atom. The number of anilines is 1. The number of nitrogens with two attached hydrogens (primary N) is 1. The Morgan fingerprint density at radius 2 is 1.83 bits per heavy atom. The summed E-state index contributed by atoms with van der Waals surface area (Å²) in [5, 5.41) is 7.57. The normalized spacial score (nSPS) is 20.4. The second-order valence-electron chi connectivity index (χ2n) is 5.84. The molecule has 0 aliphatic carbocycles. The molecule has 2 aromatic carbocycles. The predicted molar refractivity (Wildman–Crippen MR) is 96.4 cm³/mol. The summed E-state index contributed by atoms with van der Waals surface area (Å²) in [6.45, 7) is 4.06. The lowest BCUT2D eigenvalue weighted by atomic mass is 10.2. The molecule has 1 aliphatic rings. The monoisotopic (exact) mass is 325 g/mol. The van der Waals surface area contributed by atoms with Crippen molar-refractivity contribution in [3.8, 4) is 0 Å². The summed E-state index contributed by atoms with van der Waals surface area (Å²) in [6.07, 6.45) is 0.228. The number of aryl methyl sites for hydroxylation is 1. The van der Waals surface area contributed by atoms with Crippen molar-refractivity contribution in [1.82, 2.24) is 0 Å². The summed E-state index contributed by atoms with van der Waals surface area (Å²) in [6, 6.07) is 18.1. The summed E-state index contributed by atoms with van der Waals surface area (Å²) in [5.74, 6) is -0.332. The fourth-order valence-electron chi connectivity index (χ4n) is 2.62. The van der Waals surface area contributed by atoms with E-state index < -0.39 is 4.87 Å². The van der Waals surface area contributed by atoms with Gasteiger partial charge in [0.15, 0.2) is 0 Å². The highest BCUT2D eigenvalue weighted by atomic mass is 32.2. The molecule has 23 heavy (non-hydrogen) atoms. The third kappa shape index (κ3) is 3.24. The standard InChI is InChI=1S/C18H19N3OS/c1-13-8-10-14(11-9-13)17-20-21(15-6-4-3-5-7-15)18(2,23-17)12-16(19)22/h3-11H,12H2,1-2H3,(H2,19,22). The van der Waals surface area contributed by atoms with Gasteiger partial charge in [-0.3, -0.25) is 4.79 Å². The minimum Gasteiger partial charge on any atom is -0.370 e. The van der Waals surface area contributed by atoms with Crippen LogP contribution in [0.2, 0.25) is 0 Å². The van der Waals surface area contributed by atoms with Crippen molar-refractivity contribution in [2.45, 2.75) is 25.1 Å². The Balaban J connectivity index is 2.00. The van der Waals surface area contributed by atoms with Gasteiger partial charge in [-0.1, -0.05) is 59.8 Å². The van der Waals surface area contributed by atoms with E-state index in [1.807, 2.05) is 42.3 Å². The molecule has 2 aromatic rings. The summed E-state index contributed by atoms with van der Waals surface area (Å²) < 4.78 is 0. The Hall–Kier alpha value is -2.27. The van der Waals surface area contributed by atoms with Gasteiger partial charge in [0.05, 0.1) is 12.1 Å². The highest BCUT2D eigenvalue weighted by Gasteiger charge is 2.42. The Kier molecular flexibility index (Phi) is 4.13. The molecule has 2 N–H and O–H groups in total. The van der Waals surface area contributed by atoms with E-state index in [-0.39, 0.29) is 12.3 Å². The maximum Gasteiger partial charge on any atom is 0.220 e. The average molecular weight is 325 g/mol. The van der Waals surface area contributed by atoms with E-state index in [1.54, 1.807) is 11.8 Å². The first kappa shape index (κ1) is 15.6. The van der Waals surface area contributed by atoms with Crippen LogP contribution in [0.15, 0.2) is 59.7 Å². The van der Waals surface area contributed by atoms with Crippen molar-refractivity contribution >= 4 is 28.4 Å². The first-order valence-corrected chi connectivity index (χ1v) is 8.28. The van der Waals surface area contributed by atoms with Gasteiger partial charge in [0, 0.05) is 5.56 Å². The number of primary amides is 1. The first-order chi connectivity index (χ1) is 11.0. The van der Waals surface area contributed by atoms with Crippen LogP contribution in [0.3, 0.4) is 0 Å². The molecule has 4 nitrogen and oxygen atoms in total. The number of para-hydroxylation sites is 1. The lowest BCUT2D eigenvalue weighted by Crippen LogP contribution is -2.40. The number of amides is 1. The van der Waals surface area contributed by atoms with Crippen molar-refractivity contribution in [3.05, 3.63) is 65.7 Å². The molecule has 1 aliphatic heterocycles. The SMILES string of the molecule is Cc1ccc(C2=NN(c3ccccc3)C(C)(CC(N)=O)S2)cc1. The second kappa shape index (κ2) is 6.08. The number of hydrogen-bond donors (Lipinski definition) is 1. The molecule has 1 amide bonds. The van der Waals surface area contributed by atoms with E-state index in [4.69, 9.17) is 10.8 Å². The zero-order valence-electron chi connectivity index (χ0n) is 13.2. The van der Waals surface area contributed by atoms with E-state index in [0.717, 1.165) is 16.3 Å². The fraction of sp³-hybridized carbons (Fsp3) is 0.222. The predicted octanol–water partition coefficient (Wildman–Crippen LogP) is 3.50. The third-order valence-corrected chi connectivity index (χ3v) is 5.02. The number of nitrogens with zero attached hydrogens (tertiary/aromatic N) is 2. The average Bonchev–Trinajstić information content (AvgIpc) is 2.85. The minimum atomic E-state index is -0.520. The molecule has 1 heterocycles. The topological polar surface area (TPSA) is 58.7 Å². The largest absolute Gasteiger partial charge is 0.370 e. The Bertz CT molecular complexity index is 743. The number of carbonyl (C=O) groups excluding carboxylic acids is 1. The Morgan fingerprint density at radius 3 is 2.43 bits per heavy atom. The van der Waals surface area contributed by atoms with Gasteiger partial charge >= 0.3 is 0 Å². The molecular weight excluding hydrogens is 306 g/mol. The van der Waals surface area contributed by atoms with Crippen LogP contribution in [0.1, 0.15) is 24.5 Å². The van der Waals surface area contributed by atoms with Crippen molar-refractivity contribution in [1.29, 1.82) is 0 Å². The molecule has 1 unspecified atom stereocenters. The minimum absolute atomic E-state index is 0.228. The van der Waals surface area contributed by atoms with Crippen LogP contribution in [0.25, 0.3) is 0 Å². The molecule has 1 atom stereocenters. The van der Waals surface area contributed by atoms with Crippen molar-refractivity contribution < 1.29 is 4.79 Å². The maximum atomic E-state index is 11.6. The van der Waals surface area contributed by atoms with Crippen LogP contribution >= 0.6 is 11.8 Å². The molecule has 0 spiro atoms. The highest BCUT2D eigenvalue weighted by Crippen LogP contribution is 2.44. The van der Waals surface area contributed by atoms with Crippen molar-refractivity contribution in [3.63, 3.8) is 0 Å². The van der Waals surface area contributed by atoms with Gasteiger partial charge in [-0.05, 0) is 26.0 Å². The third-order valence-electron chi connectivity index (χ3n) is 3.76. The van der Waals surface area contributed by atoms with Gasteiger partial charge in [-0.2, -0.15) is 5.10 Å². The van der Waals surface area contributed by atoms with Crippen LogP contribution in [0, 0.1) is 6.92 Å². The second-order valence-corrected chi connectivity index (χ2v) is 7.31. The quantitative estimate of drug-likeness (QED) is 0.936. The van der Waals surface area contributed by atoms with Crippen LogP contribution < -0.4 is 10.7 Å². The van der Waals surface area contributed by atoms with Crippen LogP contribution in [0.4, 0.5) is 5.69 Å². The van der Waals surface area contributed by atoms with Gasteiger partial charge < -0.3 is 5.73 Å². The number of carbonyl (C=O) groups is 1. The molecule has 5 heteroatoms. The lowest BCUT2D eigenvalue weighted by Gasteiger charge is -2.32. The van der Waals surface area contributed by atoms with E-state index in [0.29, 0.717) is 0 Å². The summed E-state index contributed by atoms with van der Waals surface area (Å²) in [7, 11) is 0. The van der Waals surface area contributed by atoms with Crippen molar-refractivity contribution in [2.24, 2.45) is 10.8 Å². The zero-order valence-corrected chi connectivity index (χ0v) is 14.0. The number of benzene rings is 2. The van der Waals surface area contributed by atoms with Gasteiger partial charge in [0.25, 0.3) is 0 Å². The van der Waals surface area contributed by atoms with E-state index >= 15 is 0 Å². The first-order valence-electron chi connectivity index (χ1n) is 7.46. The molecular formula is C18H19N3OS. The van der Waals surface area contributed by atoms with Gasteiger partial charge in [0.1, 0.15) is 9.91 Å². The van der Waals surface area contributed by atoms with Crippen LogP contribution in [-0.2, 0) is 4.79 Å². The number of hydrogen-bond acceptors (Lipinski definition) is 4. The lowest BCUT2D eigenvalue weighted by molar-refractivity contribution is -0.118. The summed E-state index contributed by atoms with van der Waals surface area (Å²) in [5.41, 5.74) is 8.68. The van der Waals surface area contributed by atoms with E-state index in [2.05, 4.69) is 31.2 Å². The molecule has 0 saturated carbocycles. The van der Waals surface area contributed by atoms with Crippen molar-refractivity contribution in [2.75, 3.05) is 5.01 Å².